The summed E-state index contributed by atoms with van der Waals surface area (Å²) in [6.07, 6.45) is 7.48. The van der Waals surface area contributed by atoms with E-state index in [9.17, 15) is 0 Å². The molecular weight excluding hydrogens is 242 g/mol. The number of imidazole rings is 1. The largest absolute Gasteiger partial charge is 0.324 e. The van der Waals surface area contributed by atoms with Crippen LogP contribution in [0.2, 0.25) is 0 Å². The van der Waals surface area contributed by atoms with Crippen LogP contribution in [0.4, 0.5) is 0 Å². The van der Waals surface area contributed by atoms with Crippen LogP contribution in [0, 0.1) is 0 Å². The molecule has 3 aromatic rings. The Hall–Kier alpha value is -1.94. The molecule has 3 heterocycles. The first-order chi connectivity index (χ1) is 8.86. The number of rotatable bonds is 3. The zero-order valence-electron chi connectivity index (χ0n) is 10.0. The molecule has 0 aromatic carbocycles. The van der Waals surface area contributed by atoms with E-state index >= 15 is 0 Å². The normalized spacial score (nSPS) is 12.5. The Balaban J connectivity index is 2.02. The van der Waals surface area contributed by atoms with E-state index in [0.29, 0.717) is 0 Å². The fourth-order valence-corrected chi connectivity index (χ4v) is 2.76. The van der Waals surface area contributed by atoms with Crippen molar-refractivity contribution in [3.63, 3.8) is 0 Å². The van der Waals surface area contributed by atoms with Gasteiger partial charge >= 0.3 is 0 Å². The summed E-state index contributed by atoms with van der Waals surface area (Å²) in [6, 6.07) is 6.41. The minimum Gasteiger partial charge on any atom is -0.324 e. The first-order valence-electron chi connectivity index (χ1n) is 5.81. The summed E-state index contributed by atoms with van der Waals surface area (Å²) in [5.41, 5.74) is 2.35. The van der Waals surface area contributed by atoms with Crippen LogP contribution >= 0.6 is 11.3 Å². The zero-order valence-corrected chi connectivity index (χ0v) is 10.8. The van der Waals surface area contributed by atoms with Gasteiger partial charge in [-0.25, -0.2) is 4.98 Å². The molecule has 0 fully saturated rings. The Bertz CT molecular complexity index is 614. The lowest BCUT2D eigenvalue weighted by atomic mass is 10.1. The monoisotopic (exact) mass is 255 g/mol. The van der Waals surface area contributed by atoms with Gasteiger partial charge in [-0.05, 0) is 41.4 Å². The maximum atomic E-state index is 4.44. The Kier molecular flexibility index (Phi) is 2.94. The molecule has 3 aromatic heterocycles. The van der Waals surface area contributed by atoms with Crippen LogP contribution < -0.4 is 0 Å². The number of thiophene rings is 1. The van der Waals surface area contributed by atoms with E-state index in [0.717, 1.165) is 11.4 Å². The minimum atomic E-state index is 0.286. The molecule has 0 aliphatic rings. The second-order valence-electron chi connectivity index (χ2n) is 4.13. The highest BCUT2D eigenvalue weighted by Gasteiger charge is 2.13. The molecule has 1 atom stereocenters. The molecule has 0 saturated heterocycles. The van der Waals surface area contributed by atoms with E-state index in [1.54, 1.807) is 17.5 Å². The van der Waals surface area contributed by atoms with Crippen LogP contribution in [0.25, 0.3) is 11.4 Å². The van der Waals surface area contributed by atoms with Crippen LogP contribution in [0.15, 0.2) is 53.7 Å². The van der Waals surface area contributed by atoms with Gasteiger partial charge < -0.3 is 4.57 Å². The van der Waals surface area contributed by atoms with E-state index in [4.69, 9.17) is 0 Å². The van der Waals surface area contributed by atoms with E-state index in [-0.39, 0.29) is 6.04 Å². The van der Waals surface area contributed by atoms with Gasteiger partial charge in [0.25, 0.3) is 0 Å². The second kappa shape index (κ2) is 4.74. The standard InChI is InChI=1S/C14H13N3S/c1-11(13-4-8-18-10-13)17-7-6-16-14(17)12-3-2-5-15-9-12/h2-11H,1H3. The molecular formula is C14H13N3S. The quantitative estimate of drug-likeness (QED) is 0.715. The molecule has 0 spiro atoms. The first-order valence-corrected chi connectivity index (χ1v) is 6.76. The molecule has 0 saturated carbocycles. The van der Waals surface area contributed by atoms with Gasteiger partial charge in [0.05, 0.1) is 6.04 Å². The van der Waals surface area contributed by atoms with Crippen LogP contribution in [-0.2, 0) is 0 Å². The Morgan fingerprint density at radius 2 is 2.22 bits per heavy atom. The second-order valence-corrected chi connectivity index (χ2v) is 4.91. The highest BCUT2D eigenvalue weighted by atomic mass is 32.1. The highest BCUT2D eigenvalue weighted by Crippen LogP contribution is 2.25. The van der Waals surface area contributed by atoms with Crippen LogP contribution in [-0.4, -0.2) is 14.5 Å². The molecule has 0 radical (unpaired) electrons. The third-order valence-corrected chi connectivity index (χ3v) is 3.73. The zero-order chi connectivity index (χ0) is 12.4. The molecule has 3 nitrogen and oxygen atoms in total. The van der Waals surface area contributed by atoms with Crippen molar-refractivity contribution in [2.75, 3.05) is 0 Å². The first kappa shape index (κ1) is 11.2. The number of nitrogens with zero attached hydrogens (tertiary/aromatic N) is 3. The molecule has 0 bridgehead atoms. The van der Waals surface area contributed by atoms with Crippen molar-refractivity contribution in [3.8, 4) is 11.4 Å². The predicted molar refractivity (Wildman–Crippen MR) is 73.6 cm³/mol. The Labute approximate surface area is 110 Å². The lowest BCUT2D eigenvalue weighted by molar-refractivity contribution is 0.648. The van der Waals surface area contributed by atoms with Crippen molar-refractivity contribution < 1.29 is 0 Å². The fourth-order valence-electron chi connectivity index (χ4n) is 2.02. The molecule has 18 heavy (non-hydrogen) atoms. The molecule has 0 N–H and O–H groups in total. The summed E-state index contributed by atoms with van der Waals surface area (Å²) in [4.78, 5) is 8.60. The number of aromatic nitrogens is 3. The maximum absolute atomic E-state index is 4.44. The summed E-state index contributed by atoms with van der Waals surface area (Å²) in [6.45, 7) is 2.18. The van der Waals surface area contributed by atoms with Gasteiger partial charge in [-0.1, -0.05) is 0 Å². The summed E-state index contributed by atoms with van der Waals surface area (Å²) < 4.78 is 2.18. The van der Waals surface area contributed by atoms with Crippen molar-refractivity contribution in [3.05, 3.63) is 59.3 Å². The van der Waals surface area contributed by atoms with Crippen LogP contribution in [0.5, 0.6) is 0 Å². The third kappa shape index (κ3) is 1.95. The van der Waals surface area contributed by atoms with Crippen molar-refractivity contribution in [1.29, 1.82) is 0 Å². The lowest BCUT2D eigenvalue weighted by Gasteiger charge is -2.15. The molecule has 90 valence electrons. The fraction of sp³-hybridized carbons (Fsp3) is 0.143. The summed E-state index contributed by atoms with van der Waals surface area (Å²) in [5, 5.41) is 4.28. The number of hydrogen-bond acceptors (Lipinski definition) is 3. The minimum absolute atomic E-state index is 0.286. The summed E-state index contributed by atoms with van der Waals surface area (Å²) in [5.74, 6) is 0.960. The van der Waals surface area contributed by atoms with Crippen molar-refractivity contribution in [1.82, 2.24) is 14.5 Å². The topological polar surface area (TPSA) is 30.7 Å². The summed E-state index contributed by atoms with van der Waals surface area (Å²) in [7, 11) is 0. The molecule has 4 heteroatoms. The van der Waals surface area contributed by atoms with Gasteiger partial charge in [-0.2, -0.15) is 11.3 Å². The van der Waals surface area contributed by atoms with E-state index in [1.807, 2.05) is 30.7 Å². The Morgan fingerprint density at radius 3 is 2.94 bits per heavy atom. The van der Waals surface area contributed by atoms with Crippen LogP contribution in [0.3, 0.4) is 0 Å². The van der Waals surface area contributed by atoms with E-state index < -0.39 is 0 Å². The van der Waals surface area contributed by atoms with Gasteiger partial charge in [0.15, 0.2) is 0 Å². The van der Waals surface area contributed by atoms with Crippen molar-refractivity contribution >= 4 is 11.3 Å². The van der Waals surface area contributed by atoms with Gasteiger partial charge in [0.1, 0.15) is 5.82 Å². The number of pyridine rings is 1. The maximum Gasteiger partial charge on any atom is 0.142 e. The van der Waals surface area contributed by atoms with E-state index in [1.165, 1.54) is 5.56 Å². The average molecular weight is 255 g/mol. The SMILES string of the molecule is CC(c1ccsc1)n1ccnc1-c1cccnc1. The smallest absolute Gasteiger partial charge is 0.142 e. The van der Waals surface area contributed by atoms with Gasteiger partial charge in [0, 0.05) is 30.4 Å². The Morgan fingerprint density at radius 1 is 1.28 bits per heavy atom. The van der Waals surface area contributed by atoms with Crippen LogP contribution in [0.1, 0.15) is 18.5 Å². The van der Waals surface area contributed by atoms with Gasteiger partial charge in [0.2, 0.25) is 0 Å². The molecule has 0 amide bonds. The van der Waals surface area contributed by atoms with Crippen molar-refractivity contribution in [2.24, 2.45) is 0 Å². The van der Waals surface area contributed by atoms with Gasteiger partial charge in [-0.15, -0.1) is 0 Å². The lowest BCUT2D eigenvalue weighted by Crippen LogP contribution is -2.06. The van der Waals surface area contributed by atoms with Crippen molar-refractivity contribution in [2.45, 2.75) is 13.0 Å². The predicted octanol–water partition coefficient (Wildman–Crippen LogP) is 3.62. The van der Waals surface area contributed by atoms with Gasteiger partial charge in [-0.3, -0.25) is 4.98 Å². The molecule has 3 rings (SSSR count). The number of hydrogen-bond donors (Lipinski definition) is 0. The molecule has 0 aliphatic heterocycles. The molecule has 1 unspecified atom stereocenters. The average Bonchev–Trinajstić information content (AvgIpc) is 3.10. The molecule has 0 aliphatic carbocycles. The van der Waals surface area contributed by atoms with E-state index in [2.05, 4.69) is 38.3 Å². The highest BCUT2D eigenvalue weighted by molar-refractivity contribution is 7.07. The third-order valence-electron chi connectivity index (χ3n) is 3.03. The summed E-state index contributed by atoms with van der Waals surface area (Å²) >= 11 is 1.72.